The summed E-state index contributed by atoms with van der Waals surface area (Å²) in [6.45, 7) is 1.83. The highest BCUT2D eigenvalue weighted by molar-refractivity contribution is 7.09. The van der Waals surface area contributed by atoms with Crippen LogP contribution in [0.2, 0.25) is 0 Å². The lowest BCUT2D eigenvalue weighted by molar-refractivity contribution is -0.123. The van der Waals surface area contributed by atoms with Crippen molar-refractivity contribution in [2.75, 3.05) is 0 Å². The molecule has 1 amide bonds. The van der Waals surface area contributed by atoms with Crippen LogP contribution in [0.15, 0.2) is 27.2 Å². The van der Waals surface area contributed by atoms with Crippen molar-refractivity contribution in [1.29, 1.82) is 0 Å². The Bertz CT molecular complexity index is 874. The Morgan fingerprint density at radius 1 is 1.38 bits per heavy atom. The molecule has 0 atom stereocenters. The predicted octanol–water partition coefficient (Wildman–Crippen LogP) is 0.898. The lowest BCUT2D eigenvalue weighted by Crippen LogP contribution is -2.47. The molecule has 0 aliphatic heterocycles. The summed E-state index contributed by atoms with van der Waals surface area (Å²) in [5.74, 6) is -0.245. The summed E-state index contributed by atoms with van der Waals surface area (Å²) in [4.78, 5) is 40.6. The molecule has 128 valence electrons. The second-order valence-corrected chi connectivity index (χ2v) is 7.11. The van der Waals surface area contributed by atoms with E-state index < -0.39 is 11.2 Å². The normalized spacial score (nSPS) is 16.2. The molecule has 8 heteroatoms. The number of nitrogens with one attached hydrogen (secondary N) is 1. The number of hydrogen-bond donors (Lipinski definition) is 1. The van der Waals surface area contributed by atoms with E-state index in [1.807, 2.05) is 12.3 Å². The average molecular weight is 348 g/mol. The fourth-order valence-corrected chi connectivity index (χ4v) is 4.15. The highest BCUT2D eigenvalue weighted by Crippen LogP contribution is 2.40. The summed E-state index contributed by atoms with van der Waals surface area (Å²) in [7, 11) is 1.40. The maximum Gasteiger partial charge on any atom is 0.331 e. The topological polar surface area (TPSA) is 86.0 Å². The maximum atomic E-state index is 12.5. The number of carbonyl (C=O) groups excluding carboxylic acids is 1. The number of carbonyl (C=O) groups is 1. The van der Waals surface area contributed by atoms with Crippen LogP contribution in [0.3, 0.4) is 0 Å². The third-order valence-electron chi connectivity index (χ3n) is 4.44. The van der Waals surface area contributed by atoms with Crippen molar-refractivity contribution in [3.05, 3.63) is 49.2 Å². The molecule has 1 N–H and O–H groups in total. The Kier molecular flexibility index (Phi) is 4.40. The Balaban J connectivity index is 1.82. The molecule has 1 saturated carbocycles. The van der Waals surface area contributed by atoms with Gasteiger partial charge in [0.1, 0.15) is 11.6 Å². The smallest absolute Gasteiger partial charge is 0.331 e. The fourth-order valence-electron chi connectivity index (χ4n) is 3.14. The molecule has 1 aliphatic carbocycles. The molecule has 1 fully saturated rings. The molecule has 7 nitrogen and oxygen atoms in total. The van der Waals surface area contributed by atoms with Crippen molar-refractivity contribution in [3.63, 3.8) is 0 Å². The van der Waals surface area contributed by atoms with Gasteiger partial charge in [0.15, 0.2) is 0 Å². The summed E-state index contributed by atoms with van der Waals surface area (Å²) in [5.41, 5.74) is -0.365. The summed E-state index contributed by atoms with van der Waals surface area (Å²) >= 11 is 1.56. The highest BCUT2D eigenvalue weighted by atomic mass is 32.1. The van der Waals surface area contributed by atoms with Crippen LogP contribution in [0.4, 0.5) is 0 Å². The van der Waals surface area contributed by atoms with Gasteiger partial charge in [0.25, 0.3) is 5.56 Å². The van der Waals surface area contributed by atoms with Gasteiger partial charge >= 0.3 is 5.69 Å². The minimum Gasteiger partial charge on any atom is -0.343 e. The first-order chi connectivity index (χ1) is 11.4. The number of amides is 1. The Morgan fingerprint density at radius 3 is 2.71 bits per heavy atom. The number of thiazole rings is 1. The lowest BCUT2D eigenvalue weighted by Gasteiger charge is -2.28. The van der Waals surface area contributed by atoms with E-state index in [9.17, 15) is 14.4 Å². The summed E-state index contributed by atoms with van der Waals surface area (Å²) in [6.07, 6.45) is 5.15. The Labute approximate surface area is 143 Å². The molecule has 24 heavy (non-hydrogen) atoms. The largest absolute Gasteiger partial charge is 0.343 e. The van der Waals surface area contributed by atoms with Crippen LogP contribution in [0.25, 0.3) is 0 Å². The van der Waals surface area contributed by atoms with Crippen LogP contribution in [0, 0.1) is 6.92 Å². The predicted molar refractivity (Wildman–Crippen MR) is 91.1 cm³/mol. The minimum atomic E-state index is -0.497. The molecule has 0 bridgehead atoms. The first-order valence-corrected chi connectivity index (χ1v) is 8.79. The Hall–Kier alpha value is -2.22. The average Bonchev–Trinajstić information content (AvgIpc) is 3.18. The van der Waals surface area contributed by atoms with Gasteiger partial charge in [-0.1, -0.05) is 12.8 Å². The fraction of sp³-hybridized carbons (Fsp3) is 0.500. The third-order valence-corrected chi connectivity index (χ3v) is 5.60. The van der Waals surface area contributed by atoms with Crippen LogP contribution in [0.5, 0.6) is 0 Å². The monoisotopic (exact) mass is 348 g/mol. The van der Waals surface area contributed by atoms with Crippen molar-refractivity contribution in [2.45, 2.75) is 44.7 Å². The zero-order valence-electron chi connectivity index (χ0n) is 13.7. The van der Waals surface area contributed by atoms with Crippen molar-refractivity contribution < 1.29 is 4.79 Å². The number of hydrogen-bond acceptors (Lipinski definition) is 5. The summed E-state index contributed by atoms with van der Waals surface area (Å²) in [6, 6.07) is 1.28. The molecular weight excluding hydrogens is 328 g/mol. The quantitative estimate of drug-likeness (QED) is 0.889. The molecule has 0 unspecified atom stereocenters. The zero-order chi connectivity index (χ0) is 17.3. The van der Waals surface area contributed by atoms with E-state index in [4.69, 9.17) is 0 Å². The maximum absolute atomic E-state index is 12.5. The number of nitrogens with zero attached hydrogens (tertiary/aromatic N) is 3. The molecular formula is C16H20N4O3S. The van der Waals surface area contributed by atoms with Crippen LogP contribution in [-0.4, -0.2) is 20.0 Å². The number of aryl methyl sites for hydroxylation is 1. The molecule has 3 rings (SSSR count). The van der Waals surface area contributed by atoms with E-state index in [1.54, 1.807) is 11.3 Å². The summed E-state index contributed by atoms with van der Waals surface area (Å²) < 4.78 is 2.23. The van der Waals surface area contributed by atoms with Crippen LogP contribution < -0.4 is 16.6 Å². The van der Waals surface area contributed by atoms with Gasteiger partial charge in [0.2, 0.25) is 5.91 Å². The molecule has 0 saturated heterocycles. The van der Waals surface area contributed by atoms with Crippen molar-refractivity contribution in [1.82, 2.24) is 19.4 Å². The van der Waals surface area contributed by atoms with Gasteiger partial charge in [-0.05, 0) is 19.8 Å². The van der Waals surface area contributed by atoms with E-state index in [-0.39, 0.29) is 18.0 Å². The van der Waals surface area contributed by atoms with Crippen molar-refractivity contribution in [2.24, 2.45) is 7.05 Å². The number of rotatable bonds is 4. The zero-order valence-corrected chi connectivity index (χ0v) is 14.6. The number of aromatic nitrogens is 3. The van der Waals surface area contributed by atoms with Crippen LogP contribution >= 0.6 is 11.3 Å². The van der Waals surface area contributed by atoms with E-state index >= 15 is 0 Å². The van der Waals surface area contributed by atoms with Gasteiger partial charge in [-0.3, -0.25) is 18.7 Å². The first-order valence-electron chi connectivity index (χ1n) is 7.91. The van der Waals surface area contributed by atoms with E-state index in [0.717, 1.165) is 41.0 Å². The van der Waals surface area contributed by atoms with Gasteiger partial charge in [0, 0.05) is 30.4 Å². The molecule has 2 heterocycles. The van der Waals surface area contributed by atoms with Gasteiger partial charge < -0.3 is 5.32 Å². The molecule has 0 radical (unpaired) electrons. The van der Waals surface area contributed by atoms with Crippen LogP contribution in [0.1, 0.15) is 36.4 Å². The first kappa shape index (κ1) is 16.6. The van der Waals surface area contributed by atoms with Gasteiger partial charge in [-0.2, -0.15) is 0 Å². The molecule has 1 aliphatic rings. The molecule has 2 aromatic rings. The van der Waals surface area contributed by atoms with Gasteiger partial charge in [-0.15, -0.1) is 11.3 Å². The van der Waals surface area contributed by atoms with Crippen LogP contribution in [-0.2, 0) is 23.9 Å². The molecule has 0 aromatic carbocycles. The minimum absolute atomic E-state index is 0.112. The van der Waals surface area contributed by atoms with E-state index in [2.05, 4.69) is 10.3 Å². The third kappa shape index (κ3) is 3.06. The summed E-state index contributed by atoms with van der Waals surface area (Å²) in [5, 5.41) is 6.01. The van der Waals surface area contributed by atoms with Gasteiger partial charge in [-0.25, -0.2) is 9.78 Å². The molecule has 0 spiro atoms. The Morgan fingerprint density at radius 2 is 2.08 bits per heavy atom. The lowest BCUT2D eigenvalue weighted by atomic mass is 9.98. The van der Waals surface area contributed by atoms with Gasteiger partial charge in [0.05, 0.1) is 5.54 Å². The van der Waals surface area contributed by atoms with E-state index in [0.29, 0.717) is 0 Å². The molecule has 2 aromatic heterocycles. The second-order valence-electron chi connectivity index (χ2n) is 6.25. The highest BCUT2D eigenvalue weighted by Gasteiger charge is 2.39. The second kappa shape index (κ2) is 6.35. The van der Waals surface area contributed by atoms with Crippen molar-refractivity contribution >= 4 is 17.2 Å². The van der Waals surface area contributed by atoms with E-state index in [1.165, 1.54) is 23.9 Å². The van der Waals surface area contributed by atoms with Crippen molar-refractivity contribution in [3.8, 4) is 0 Å². The SMILES string of the molecule is Cc1csc(C2(NC(=O)Cn3ccc(=O)n(C)c3=O)CCCC2)n1. The standard InChI is InChI=1S/C16H20N4O3S/c1-11-10-24-14(17-11)16(6-3-4-7-16)18-12(21)9-20-8-5-13(22)19(2)15(20)23/h5,8,10H,3-4,6-7,9H2,1-2H3,(H,18,21).